The van der Waals surface area contributed by atoms with Crippen molar-refractivity contribution in [2.45, 2.75) is 32.7 Å². The SMILES string of the molecule is CCO/N=C1/CN(c2nc3c(cc2F)c(=O)c(C(=O)O)cn3C2CC2)CC1(C)CN. The Kier molecular flexibility index (Phi) is 4.97. The summed E-state index contributed by atoms with van der Waals surface area (Å²) in [5.41, 5.74) is 5.33. The third-order valence-corrected chi connectivity index (χ3v) is 5.74. The average molecular weight is 417 g/mol. The lowest BCUT2D eigenvalue weighted by molar-refractivity contribution is 0.0695. The first-order valence-electron chi connectivity index (χ1n) is 9.92. The van der Waals surface area contributed by atoms with Crippen molar-refractivity contribution in [2.75, 3.05) is 31.1 Å². The molecule has 0 bridgehead atoms. The van der Waals surface area contributed by atoms with Crippen LogP contribution in [0.2, 0.25) is 0 Å². The van der Waals surface area contributed by atoms with Crippen LogP contribution < -0.4 is 16.1 Å². The quantitative estimate of drug-likeness (QED) is 0.686. The Morgan fingerprint density at radius 1 is 1.50 bits per heavy atom. The monoisotopic (exact) mass is 417 g/mol. The molecule has 2 aromatic heterocycles. The van der Waals surface area contributed by atoms with Crippen LogP contribution in [0.1, 0.15) is 43.1 Å². The van der Waals surface area contributed by atoms with Crippen LogP contribution in [0.15, 0.2) is 22.2 Å². The summed E-state index contributed by atoms with van der Waals surface area (Å²) in [5, 5.41) is 13.5. The molecular formula is C20H24FN5O4. The molecule has 0 aromatic carbocycles. The Labute approximate surface area is 171 Å². The molecule has 2 fully saturated rings. The van der Waals surface area contributed by atoms with E-state index in [4.69, 9.17) is 10.6 Å². The van der Waals surface area contributed by atoms with Crippen molar-refractivity contribution in [3.05, 3.63) is 33.9 Å². The van der Waals surface area contributed by atoms with Gasteiger partial charge in [0.05, 0.1) is 17.6 Å². The van der Waals surface area contributed by atoms with Gasteiger partial charge in [0.1, 0.15) is 17.8 Å². The molecule has 1 atom stereocenters. The molecule has 9 nitrogen and oxygen atoms in total. The van der Waals surface area contributed by atoms with E-state index in [-0.39, 0.29) is 28.5 Å². The number of nitrogens with zero attached hydrogens (tertiary/aromatic N) is 4. The molecule has 3 heterocycles. The van der Waals surface area contributed by atoms with Crippen LogP contribution >= 0.6 is 0 Å². The van der Waals surface area contributed by atoms with Gasteiger partial charge in [-0.1, -0.05) is 12.1 Å². The van der Waals surface area contributed by atoms with Crippen molar-refractivity contribution in [2.24, 2.45) is 16.3 Å². The number of hydrogen-bond donors (Lipinski definition) is 2. The lowest BCUT2D eigenvalue weighted by Crippen LogP contribution is -2.36. The highest BCUT2D eigenvalue weighted by molar-refractivity contribution is 5.97. The molecule has 1 aliphatic heterocycles. The van der Waals surface area contributed by atoms with Crippen LogP contribution in [-0.4, -0.2) is 52.6 Å². The van der Waals surface area contributed by atoms with Crippen LogP contribution in [-0.2, 0) is 4.84 Å². The maximum absolute atomic E-state index is 15.1. The van der Waals surface area contributed by atoms with E-state index in [1.54, 1.807) is 9.47 Å². The minimum Gasteiger partial charge on any atom is -0.477 e. The molecule has 1 unspecified atom stereocenters. The Bertz CT molecular complexity index is 1110. The molecule has 2 aromatic rings. The minimum absolute atomic E-state index is 0.0351. The van der Waals surface area contributed by atoms with E-state index in [0.29, 0.717) is 32.0 Å². The normalized spacial score (nSPS) is 22.8. The highest BCUT2D eigenvalue weighted by Gasteiger charge is 2.41. The number of carbonyl (C=O) groups is 1. The summed E-state index contributed by atoms with van der Waals surface area (Å²) in [7, 11) is 0. The maximum Gasteiger partial charge on any atom is 0.341 e. The molecule has 1 aliphatic carbocycles. The number of aromatic carboxylic acids is 1. The van der Waals surface area contributed by atoms with Gasteiger partial charge in [0.15, 0.2) is 11.6 Å². The van der Waals surface area contributed by atoms with Gasteiger partial charge >= 0.3 is 5.97 Å². The van der Waals surface area contributed by atoms with Gasteiger partial charge in [-0.15, -0.1) is 0 Å². The fourth-order valence-electron chi connectivity index (χ4n) is 3.80. The van der Waals surface area contributed by atoms with Crippen LogP contribution in [0.25, 0.3) is 11.0 Å². The number of pyridine rings is 2. The average Bonchev–Trinajstić information content (AvgIpc) is 3.50. The number of carboxylic acid groups (broad SMARTS) is 1. The van der Waals surface area contributed by atoms with Crippen LogP contribution in [0.3, 0.4) is 0 Å². The predicted molar refractivity (Wildman–Crippen MR) is 110 cm³/mol. The summed E-state index contributed by atoms with van der Waals surface area (Å²) in [5.74, 6) is -1.95. The number of nitrogens with two attached hydrogens (primary N) is 1. The molecular weight excluding hydrogens is 393 g/mol. The van der Waals surface area contributed by atoms with Gasteiger partial charge in [-0.2, -0.15) is 0 Å². The second-order valence-electron chi connectivity index (χ2n) is 8.06. The topological polar surface area (TPSA) is 123 Å². The predicted octanol–water partition coefficient (Wildman–Crippen LogP) is 1.75. The molecule has 1 saturated carbocycles. The second kappa shape index (κ2) is 7.35. The molecule has 0 spiro atoms. The Hall–Kier alpha value is -3.01. The van der Waals surface area contributed by atoms with Crippen molar-refractivity contribution in [3.63, 3.8) is 0 Å². The Morgan fingerprint density at radius 3 is 2.83 bits per heavy atom. The number of anilines is 1. The largest absolute Gasteiger partial charge is 0.477 e. The molecule has 160 valence electrons. The van der Waals surface area contributed by atoms with Crippen molar-refractivity contribution >= 4 is 28.5 Å². The van der Waals surface area contributed by atoms with Crippen LogP contribution in [0.4, 0.5) is 10.2 Å². The number of fused-ring (bicyclic) bond motifs is 1. The smallest absolute Gasteiger partial charge is 0.341 e. The summed E-state index contributed by atoms with van der Waals surface area (Å²) in [4.78, 5) is 35.5. The second-order valence-corrected chi connectivity index (χ2v) is 8.06. The zero-order valence-corrected chi connectivity index (χ0v) is 16.9. The van der Waals surface area contributed by atoms with Crippen molar-refractivity contribution in [1.29, 1.82) is 0 Å². The number of hydrogen-bond acceptors (Lipinski definition) is 7. The van der Waals surface area contributed by atoms with Crippen LogP contribution in [0.5, 0.6) is 0 Å². The maximum atomic E-state index is 15.1. The molecule has 30 heavy (non-hydrogen) atoms. The van der Waals surface area contributed by atoms with Gasteiger partial charge in [-0.3, -0.25) is 4.79 Å². The molecule has 3 N–H and O–H groups in total. The first-order chi connectivity index (χ1) is 14.3. The Balaban J connectivity index is 1.84. The van der Waals surface area contributed by atoms with Crippen molar-refractivity contribution in [3.8, 4) is 0 Å². The highest BCUT2D eigenvalue weighted by atomic mass is 19.1. The number of aromatic nitrogens is 2. The standard InChI is InChI=1S/C20H24FN5O4/c1-3-30-24-15-8-25(10-20(15,2)9-22)18-14(21)6-12-16(27)13(19(28)29)7-26(11-4-5-11)17(12)23-18/h6-7,11H,3-5,8-10,22H2,1-2H3,(H,28,29)/b24-15-. The van der Waals surface area contributed by atoms with Gasteiger partial charge in [-0.25, -0.2) is 14.2 Å². The van der Waals surface area contributed by atoms with E-state index >= 15 is 4.39 Å². The van der Waals surface area contributed by atoms with E-state index in [2.05, 4.69) is 10.1 Å². The van der Waals surface area contributed by atoms with Gasteiger partial charge in [-0.05, 0) is 25.8 Å². The summed E-state index contributed by atoms with van der Waals surface area (Å²) < 4.78 is 16.7. The lowest BCUT2D eigenvalue weighted by Gasteiger charge is -2.23. The van der Waals surface area contributed by atoms with Crippen molar-refractivity contribution in [1.82, 2.24) is 9.55 Å². The fraction of sp³-hybridized carbons (Fsp3) is 0.500. The van der Waals surface area contributed by atoms with Crippen LogP contribution in [0, 0.1) is 11.2 Å². The first kappa shape index (κ1) is 20.3. The summed E-state index contributed by atoms with van der Waals surface area (Å²) >= 11 is 0. The molecule has 0 radical (unpaired) electrons. The van der Waals surface area contributed by atoms with E-state index in [9.17, 15) is 14.7 Å². The highest BCUT2D eigenvalue weighted by Crippen LogP contribution is 2.38. The lowest BCUT2D eigenvalue weighted by atomic mass is 9.88. The summed E-state index contributed by atoms with van der Waals surface area (Å²) in [6, 6.07) is 1.14. The molecule has 0 amide bonds. The third-order valence-electron chi connectivity index (χ3n) is 5.74. The Morgan fingerprint density at radius 2 is 2.23 bits per heavy atom. The molecule has 2 aliphatic rings. The van der Waals surface area contributed by atoms with Gasteiger partial charge in [0.25, 0.3) is 0 Å². The first-order valence-corrected chi connectivity index (χ1v) is 9.92. The number of rotatable bonds is 6. The van der Waals surface area contributed by atoms with Gasteiger partial charge < -0.3 is 25.1 Å². The minimum atomic E-state index is -1.34. The number of halogens is 1. The van der Waals surface area contributed by atoms with Gasteiger partial charge in [0.2, 0.25) is 5.43 Å². The molecule has 4 rings (SSSR count). The van der Waals surface area contributed by atoms with E-state index in [1.807, 2.05) is 13.8 Å². The third kappa shape index (κ3) is 3.30. The van der Waals surface area contributed by atoms with Crippen molar-refractivity contribution < 1.29 is 19.1 Å². The summed E-state index contributed by atoms with van der Waals surface area (Å²) in [6.45, 7) is 5.16. The molecule has 1 saturated heterocycles. The van der Waals surface area contributed by atoms with Gasteiger partial charge in [0, 0.05) is 30.7 Å². The number of oxime groups is 1. The van der Waals surface area contributed by atoms with E-state index < -0.39 is 22.6 Å². The zero-order valence-electron chi connectivity index (χ0n) is 16.9. The zero-order chi connectivity index (χ0) is 21.6. The number of carboxylic acids is 1. The molecule has 10 heteroatoms. The fourth-order valence-corrected chi connectivity index (χ4v) is 3.80. The summed E-state index contributed by atoms with van der Waals surface area (Å²) in [6.07, 6.45) is 3.02. The van der Waals surface area contributed by atoms with E-state index in [1.165, 1.54) is 6.20 Å². The van der Waals surface area contributed by atoms with E-state index in [0.717, 1.165) is 18.9 Å².